The van der Waals surface area contributed by atoms with Gasteiger partial charge >= 0.3 is 12.1 Å². The van der Waals surface area contributed by atoms with Crippen molar-refractivity contribution in [2.24, 2.45) is 7.05 Å². The van der Waals surface area contributed by atoms with Crippen molar-refractivity contribution in [3.05, 3.63) is 77.6 Å². The lowest BCUT2D eigenvalue weighted by Crippen LogP contribution is -2.32. The fourth-order valence-electron chi connectivity index (χ4n) is 3.91. The molecule has 1 atom stereocenters. The Kier molecular flexibility index (Phi) is 5.03. The van der Waals surface area contributed by atoms with Crippen molar-refractivity contribution in [1.82, 2.24) is 15.1 Å². The molecule has 7 nitrogen and oxygen atoms in total. The number of rotatable bonds is 6. The molecule has 1 amide bonds. The van der Waals surface area contributed by atoms with Gasteiger partial charge in [0.25, 0.3) is 0 Å². The number of carboxylic acids is 1. The molecule has 1 heterocycles. The zero-order valence-electron chi connectivity index (χ0n) is 15.9. The summed E-state index contributed by atoms with van der Waals surface area (Å²) in [5, 5.41) is 15.9. The van der Waals surface area contributed by atoms with Crippen molar-refractivity contribution in [2.75, 3.05) is 6.61 Å². The number of aliphatic carboxylic acids is 1. The summed E-state index contributed by atoms with van der Waals surface area (Å²) >= 11 is 0. The van der Waals surface area contributed by atoms with Crippen LogP contribution in [-0.2, 0) is 16.6 Å². The van der Waals surface area contributed by atoms with Gasteiger partial charge in [-0.3, -0.25) is 9.48 Å². The van der Waals surface area contributed by atoms with E-state index in [-0.39, 0.29) is 18.9 Å². The van der Waals surface area contributed by atoms with Crippen LogP contribution in [0.15, 0.2) is 60.8 Å². The Morgan fingerprint density at radius 3 is 2.28 bits per heavy atom. The number of carbonyl (C=O) groups is 2. The summed E-state index contributed by atoms with van der Waals surface area (Å²) in [7, 11) is 1.70. The number of nitrogens with zero attached hydrogens (tertiary/aromatic N) is 2. The van der Waals surface area contributed by atoms with E-state index in [0.29, 0.717) is 5.69 Å². The Morgan fingerprint density at radius 2 is 1.72 bits per heavy atom. The number of aryl methyl sites for hydroxylation is 1. The first-order valence-electron chi connectivity index (χ1n) is 9.36. The average molecular weight is 391 g/mol. The highest BCUT2D eigenvalue weighted by Crippen LogP contribution is 2.44. The van der Waals surface area contributed by atoms with Gasteiger partial charge in [0.1, 0.15) is 6.61 Å². The van der Waals surface area contributed by atoms with Gasteiger partial charge in [-0.25, -0.2) is 4.79 Å². The SMILES string of the molecule is Cn1nccc1[C@H](CC(=O)O)NC(=O)OCC1c2ccccc2-c2ccccc21. The minimum Gasteiger partial charge on any atom is -0.481 e. The van der Waals surface area contributed by atoms with Crippen molar-refractivity contribution in [1.29, 1.82) is 0 Å². The lowest BCUT2D eigenvalue weighted by Gasteiger charge is -2.19. The Hall–Kier alpha value is -3.61. The summed E-state index contributed by atoms with van der Waals surface area (Å²) < 4.78 is 7.06. The highest BCUT2D eigenvalue weighted by Gasteiger charge is 2.29. The van der Waals surface area contributed by atoms with Gasteiger partial charge in [-0.1, -0.05) is 48.5 Å². The van der Waals surface area contributed by atoms with Crippen molar-refractivity contribution < 1.29 is 19.4 Å². The molecule has 0 unspecified atom stereocenters. The van der Waals surface area contributed by atoms with E-state index in [2.05, 4.69) is 22.5 Å². The normalized spacial score (nSPS) is 13.4. The molecule has 2 N–H and O–H groups in total. The van der Waals surface area contributed by atoms with Gasteiger partial charge in [0.15, 0.2) is 0 Å². The summed E-state index contributed by atoms with van der Waals surface area (Å²) in [6, 6.07) is 17.1. The molecule has 2 aromatic carbocycles. The molecule has 0 bridgehead atoms. The van der Waals surface area contributed by atoms with Crippen LogP contribution in [0.25, 0.3) is 11.1 Å². The maximum Gasteiger partial charge on any atom is 0.407 e. The van der Waals surface area contributed by atoms with Gasteiger partial charge in [-0.15, -0.1) is 0 Å². The maximum absolute atomic E-state index is 12.5. The van der Waals surface area contributed by atoms with Crippen LogP contribution in [0.3, 0.4) is 0 Å². The zero-order chi connectivity index (χ0) is 20.4. The van der Waals surface area contributed by atoms with Gasteiger partial charge in [0.05, 0.1) is 18.2 Å². The first-order chi connectivity index (χ1) is 14.0. The Morgan fingerprint density at radius 1 is 1.10 bits per heavy atom. The van der Waals surface area contributed by atoms with Crippen molar-refractivity contribution in [2.45, 2.75) is 18.4 Å². The summed E-state index contributed by atoms with van der Waals surface area (Å²) in [5.74, 6) is -1.07. The molecule has 4 rings (SSSR count). The fraction of sp³-hybridized carbons (Fsp3) is 0.227. The van der Waals surface area contributed by atoms with Crippen molar-refractivity contribution >= 4 is 12.1 Å². The van der Waals surface area contributed by atoms with Crippen LogP contribution in [-0.4, -0.2) is 33.6 Å². The number of carbonyl (C=O) groups excluding carboxylic acids is 1. The number of aromatic nitrogens is 2. The van der Waals surface area contributed by atoms with E-state index in [1.165, 1.54) is 4.68 Å². The first-order valence-corrected chi connectivity index (χ1v) is 9.36. The molecule has 0 aliphatic heterocycles. The minimum absolute atomic E-state index is 0.0530. The Balaban J connectivity index is 1.48. The third-order valence-corrected chi connectivity index (χ3v) is 5.23. The van der Waals surface area contributed by atoms with Crippen molar-refractivity contribution in [3.63, 3.8) is 0 Å². The van der Waals surface area contributed by atoms with Crippen LogP contribution >= 0.6 is 0 Å². The summed E-state index contributed by atoms with van der Waals surface area (Å²) in [4.78, 5) is 23.7. The molecule has 1 aliphatic carbocycles. The lowest BCUT2D eigenvalue weighted by atomic mass is 9.98. The molecule has 148 valence electrons. The van der Waals surface area contributed by atoms with Crippen LogP contribution in [0, 0.1) is 0 Å². The van der Waals surface area contributed by atoms with Gasteiger partial charge in [0, 0.05) is 19.2 Å². The van der Waals surface area contributed by atoms with E-state index in [9.17, 15) is 14.7 Å². The molecule has 7 heteroatoms. The predicted molar refractivity (Wildman–Crippen MR) is 106 cm³/mol. The predicted octanol–water partition coefficient (Wildman–Crippen LogP) is 3.47. The van der Waals surface area contributed by atoms with Gasteiger partial charge in [-0.2, -0.15) is 5.10 Å². The quantitative estimate of drug-likeness (QED) is 0.671. The van der Waals surface area contributed by atoms with E-state index >= 15 is 0 Å². The molecule has 29 heavy (non-hydrogen) atoms. The third kappa shape index (κ3) is 3.71. The van der Waals surface area contributed by atoms with Crippen LogP contribution < -0.4 is 5.32 Å². The van der Waals surface area contributed by atoms with E-state index in [1.54, 1.807) is 19.3 Å². The van der Waals surface area contributed by atoms with Crippen LogP contribution in [0.4, 0.5) is 4.79 Å². The smallest absolute Gasteiger partial charge is 0.407 e. The molecule has 1 aromatic heterocycles. The second-order valence-electron chi connectivity index (χ2n) is 7.00. The van der Waals surface area contributed by atoms with E-state index < -0.39 is 18.1 Å². The van der Waals surface area contributed by atoms with Gasteiger partial charge < -0.3 is 15.2 Å². The highest BCUT2D eigenvalue weighted by molar-refractivity contribution is 5.79. The molecular weight excluding hydrogens is 370 g/mol. The number of amides is 1. The van der Waals surface area contributed by atoms with Crippen molar-refractivity contribution in [3.8, 4) is 11.1 Å². The number of nitrogens with one attached hydrogen (secondary N) is 1. The maximum atomic E-state index is 12.5. The summed E-state index contributed by atoms with van der Waals surface area (Å²) in [5.41, 5.74) is 5.14. The highest BCUT2D eigenvalue weighted by atomic mass is 16.5. The van der Waals surface area contributed by atoms with Crippen LogP contribution in [0.5, 0.6) is 0 Å². The summed E-state index contributed by atoms with van der Waals surface area (Å²) in [6.45, 7) is 0.172. The Bertz CT molecular complexity index is 1010. The minimum atomic E-state index is -1.02. The number of benzene rings is 2. The molecule has 3 aromatic rings. The molecule has 0 radical (unpaired) electrons. The number of ether oxygens (including phenoxy) is 1. The monoisotopic (exact) mass is 391 g/mol. The number of hydrogen-bond acceptors (Lipinski definition) is 4. The molecule has 0 spiro atoms. The summed E-state index contributed by atoms with van der Waals surface area (Å²) in [6.07, 6.45) is 0.646. The van der Waals surface area contributed by atoms with Gasteiger partial charge in [0.2, 0.25) is 0 Å². The molecular formula is C22H21N3O4. The largest absolute Gasteiger partial charge is 0.481 e. The number of alkyl carbamates (subject to hydrolysis) is 1. The molecule has 0 saturated carbocycles. The van der Waals surface area contributed by atoms with Gasteiger partial charge in [-0.05, 0) is 28.3 Å². The third-order valence-electron chi connectivity index (χ3n) is 5.23. The fourth-order valence-corrected chi connectivity index (χ4v) is 3.91. The zero-order valence-corrected chi connectivity index (χ0v) is 15.9. The van der Waals surface area contributed by atoms with Crippen LogP contribution in [0.2, 0.25) is 0 Å². The molecule has 0 saturated heterocycles. The standard InChI is InChI=1S/C22H21N3O4/c1-25-20(10-11-23-25)19(12-21(26)27)24-22(28)29-13-18-16-8-4-2-6-14(16)15-7-3-5-9-17(15)18/h2-11,18-19H,12-13H2,1H3,(H,24,28)(H,26,27)/t19-/m0/s1. The second kappa shape index (κ2) is 7.79. The first kappa shape index (κ1) is 18.7. The van der Waals surface area contributed by atoms with E-state index in [0.717, 1.165) is 22.3 Å². The van der Waals surface area contributed by atoms with E-state index in [4.69, 9.17) is 4.74 Å². The second-order valence-corrected chi connectivity index (χ2v) is 7.00. The molecule has 0 fully saturated rings. The number of fused-ring (bicyclic) bond motifs is 3. The van der Waals surface area contributed by atoms with E-state index in [1.807, 2.05) is 36.4 Å². The number of carboxylic acid groups (broad SMARTS) is 1. The average Bonchev–Trinajstić information content (AvgIpc) is 3.27. The lowest BCUT2D eigenvalue weighted by molar-refractivity contribution is -0.137. The number of hydrogen-bond donors (Lipinski definition) is 2. The Labute approximate surface area is 167 Å². The topological polar surface area (TPSA) is 93.5 Å². The molecule has 1 aliphatic rings. The van der Waals surface area contributed by atoms with Crippen LogP contribution in [0.1, 0.15) is 35.2 Å².